The summed E-state index contributed by atoms with van der Waals surface area (Å²) in [5.41, 5.74) is 0.595. The molecule has 2 aromatic rings. The highest BCUT2D eigenvalue weighted by atomic mass is 19.1. The Bertz CT molecular complexity index is 935. The fourth-order valence-electron chi connectivity index (χ4n) is 3.62. The number of amides is 2. The molecule has 0 aliphatic carbocycles. The zero-order valence-electron chi connectivity index (χ0n) is 18.1. The first-order chi connectivity index (χ1) is 15.3. The molecule has 0 unspecified atom stereocenters. The molecule has 2 amide bonds. The lowest BCUT2D eigenvalue weighted by molar-refractivity contribution is -0.125. The summed E-state index contributed by atoms with van der Waals surface area (Å²) < 4.78 is 33.1. The number of nitrogens with zero attached hydrogens (tertiary/aromatic N) is 2. The smallest absolute Gasteiger partial charge is 0.410 e. The number of aliphatic hydroxyl groups is 1. The number of rotatable bonds is 7. The van der Waals surface area contributed by atoms with E-state index in [4.69, 9.17) is 4.74 Å². The third-order valence-electron chi connectivity index (χ3n) is 5.38. The summed E-state index contributed by atoms with van der Waals surface area (Å²) in [5, 5.41) is 12.8. The zero-order valence-corrected chi connectivity index (χ0v) is 18.1. The number of nitrogens with one attached hydrogen (secondary N) is 1. The standard InChI is InChI=1S/C23H27F2N3O4/c1-3-4-10-32-23(31)28-13-16(29)11-20(28)22(30)27-14(2)19-9-8-15(12-26-19)21-17(24)6-5-7-18(21)25/h5-9,12,14,16,20,29H,3-4,10-11,13H2,1-2H3,(H,27,30)/t14-,16+,20-/m0/s1. The lowest BCUT2D eigenvalue weighted by Crippen LogP contribution is -2.46. The monoisotopic (exact) mass is 447 g/mol. The summed E-state index contributed by atoms with van der Waals surface area (Å²) in [5.74, 6) is -1.81. The molecule has 1 aromatic heterocycles. The lowest BCUT2D eigenvalue weighted by Gasteiger charge is -2.24. The number of halogens is 2. The number of β-amino-alcohol motifs (C(OH)–C–C–N with tert-alkyl or cyclic N) is 1. The molecule has 0 spiro atoms. The van der Waals surface area contributed by atoms with E-state index in [-0.39, 0.29) is 30.7 Å². The highest BCUT2D eigenvalue weighted by Gasteiger charge is 2.40. The third kappa shape index (κ3) is 5.40. The molecule has 2 heterocycles. The summed E-state index contributed by atoms with van der Waals surface area (Å²) >= 11 is 0. The van der Waals surface area contributed by atoms with Crippen LogP contribution in [-0.2, 0) is 9.53 Å². The van der Waals surface area contributed by atoms with Gasteiger partial charge in [0.15, 0.2) is 0 Å². The number of benzene rings is 1. The summed E-state index contributed by atoms with van der Waals surface area (Å²) in [6, 6.07) is 5.35. The van der Waals surface area contributed by atoms with E-state index in [1.165, 1.54) is 35.4 Å². The van der Waals surface area contributed by atoms with Crippen molar-refractivity contribution in [2.75, 3.05) is 13.2 Å². The quantitative estimate of drug-likeness (QED) is 0.633. The van der Waals surface area contributed by atoms with Gasteiger partial charge in [-0.15, -0.1) is 0 Å². The Morgan fingerprint density at radius 3 is 2.62 bits per heavy atom. The second kappa shape index (κ2) is 10.5. The Hall–Kier alpha value is -3.07. The second-order valence-corrected chi connectivity index (χ2v) is 7.82. The Kier molecular flexibility index (Phi) is 7.74. The number of aromatic nitrogens is 1. The van der Waals surface area contributed by atoms with Gasteiger partial charge in [0.25, 0.3) is 0 Å². The van der Waals surface area contributed by atoms with Crippen molar-refractivity contribution in [3.05, 3.63) is 53.9 Å². The van der Waals surface area contributed by atoms with E-state index in [0.717, 1.165) is 6.42 Å². The number of pyridine rings is 1. The first-order valence-electron chi connectivity index (χ1n) is 10.6. The average molecular weight is 447 g/mol. The number of carbonyl (C=O) groups excluding carboxylic acids is 2. The van der Waals surface area contributed by atoms with Gasteiger partial charge in [-0.3, -0.25) is 14.7 Å². The van der Waals surface area contributed by atoms with E-state index in [0.29, 0.717) is 12.1 Å². The van der Waals surface area contributed by atoms with Crippen molar-refractivity contribution in [3.63, 3.8) is 0 Å². The number of hydrogen-bond acceptors (Lipinski definition) is 5. The van der Waals surface area contributed by atoms with Gasteiger partial charge < -0.3 is 15.2 Å². The fraction of sp³-hybridized carbons (Fsp3) is 0.435. The van der Waals surface area contributed by atoms with Crippen LogP contribution in [0.4, 0.5) is 13.6 Å². The summed E-state index contributed by atoms with van der Waals surface area (Å²) in [6.07, 6.45) is 1.60. The molecule has 3 atom stereocenters. The second-order valence-electron chi connectivity index (χ2n) is 7.82. The normalized spacial score (nSPS) is 19.0. The van der Waals surface area contributed by atoms with Crippen LogP contribution in [0.2, 0.25) is 0 Å². The van der Waals surface area contributed by atoms with E-state index < -0.39 is 41.8 Å². The van der Waals surface area contributed by atoms with E-state index in [2.05, 4.69) is 10.3 Å². The SMILES string of the molecule is CCCCOC(=O)N1C[C@H](O)C[C@H]1C(=O)N[C@@H](C)c1ccc(-c2c(F)cccc2F)cn1. The van der Waals surface area contributed by atoms with Crippen molar-refractivity contribution in [2.24, 2.45) is 0 Å². The number of likely N-dealkylation sites (tertiary alicyclic amines) is 1. The molecular weight excluding hydrogens is 420 g/mol. The van der Waals surface area contributed by atoms with Gasteiger partial charge in [0.05, 0.1) is 36.6 Å². The maximum atomic E-state index is 14.0. The van der Waals surface area contributed by atoms with Crippen LogP contribution in [-0.4, -0.2) is 52.3 Å². The predicted octanol–water partition coefficient (Wildman–Crippen LogP) is 3.58. The van der Waals surface area contributed by atoms with Gasteiger partial charge in [-0.2, -0.15) is 0 Å². The van der Waals surface area contributed by atoms with Gasteiger partial charge in [0.2, 0.25) is 5.91 Å². The third-order valence-corrected chi connectivity index (χ3v) is 5.38. The topological polar surface area (TPSA) is 91.8 Å². The number of ether oxygens (including phenoxy) is 1. The predicted molar refractivity (Wildman–Crippen MR) is 114 cm³/mol. The molecule has 0 bridgehead atoms. The highest BCUT2D eigenvalue weighted by molar-refractivity contribution is 5.86. The molecule has 3 rings (SSSR count). The van der Waals surface area contributed by atoms with Gasteiger partial charge in [-0.25, -0.2) is 13.6 Å². The molecule has 0 saturated carbocycles. The number of hydrogen-bond donors (Lipinski definition) is 2. The Labute approximate surface area is 185 Å². The van der Waals surface area contributed by atoms with E-state index in [1.807, 2.05) is 6.92 Å². The maximum Gasteiger partial charge on any atom is 0.410 e. The number of unbranched alkanes of at least 4 members (excludes halogenated alkanes) is 1. The fourth-order valence-corrected chi connectivity index (χ4v) is 3.62. The first kappa shape index (κ1) is 23.6. The van der Waals surface area contributed by atoms with Crippen molar-refractivity contribution in [1.29, 1.82) is 0 Å². The highest BCUT2D eigenvalue weighted by Crippen LogP contribution is 2.26. The van der Waals surface area contributed by atoms with Crippen LogP contribution < -0.4 is 5.32 Å². The molecule has 0 radical (unpaired) electrons. The number of aliphatic hydroxyl groups excluding tert-OH is 1. The minimum atomic E-state index is -0.853. The molecule has 32 heavy (non-hydrogen) atoms. The van der Waals surface area contributed by atoms with Crippen molar-refractivity contribution in [1.82, 2.24) is 15.2 Å². The first-order valence-corrected chi connectivity index (χ1v) is 10.6. The van der Waals surface area contributed by atoms with Crippen LogP contribution in [0.1, 0.15) is 44.8 Å². The Morgan fingerprint density at radius 1 is 1.28 bits per heavy atom. The molecule has 7 nitrogen and oxygen atoms in total. The zero-order chi connectivity index (χ0) is 23.3. The van der Waals surface area contributed by atoms with E-state index in [1.54, 1.807) is 13.0 Å². The molecule has 1 aliphatic rings. The number of carbonyl (C=O) groups is 2. The molecule has 1 saturated heterocycles. The minimum absolute atomic E-state index is 0.0264. The molecular formula is C23H27F2N3O4. The lowest BCUT2D eigenvalue weighted by atomic mass is 10.1. The molecule has 9 heteroatoms. The van der Waals surface area contributed by atoms with Gasteiger partial charge in [0, 0.05) is 18.2 Å². The Morgan fingerprint density at radius 2 is 2.00 bits per heavy atom. The summed E-state index contributed by atoms with van der Waals surface area (Å²) in [6.45, 7) is 3.96. The van der Waals surface area contributed by atoms with Gasteiger partial charge in [-0.1, -0.05) is 25.5 Å². The van der Waals surface area contributed by atoms with Crippen LogP contribution in [0.25, 0.3) is 11.1 Å². The molecule has 172 valence electrons. The average Bonchev–Trinajstić information content (AvgIpc) is 3.16. The van der Waals surface area contributed by atoms with Crippen molar-refractivity contribution in [3.8, 4) is 11.1 Å². The van der Waals surface area contributed by atoms with Crippen LogP contribution in [0.3, 0.4) is 0 Å². The van der Waals surface area contributed by atoms with Crippen molar-refractivity contribution < 1.29 is 28.2 Å². The van der Waals surface area contributed by atoms with Gasteiger partial charge >= 0.3 is 6.09 Å². The maximum absolute atomic E-state index is 14.0. The van der Waals surface area contributed by atoms with Gasteiger partial charge in [0.1, 0.15) is 17.7 Å². The molecule has 1 fully saturated rings. The summed E-state index contributed by atoms with van der Waals surface area (Å²) in [4.78, 5) is 30.6. The van der Waals surface area contributed by atoms with Crippen LogP contribution in [0, 0.1) is 11.6 Å². The van der Waals surface area contributed by atoms with E-state index in [9.17, 15) is 23.5 Å². The van der Waals surface area contributed by atoms with Gasteiger partial charge in [-0.05, 0) is 31.5 Å². The van der Waals surface area contributed by atoms with Crippen LogP contribution >= 0.6 is 0 Å². The molecule has 1 aromatic carbocycles. The Balaban J connectivity index is 1.66. The van der Waals surface area contributed by atoms with Crippen LogP contribution in [0.15, 0.2) is 36.5 Å². The molecule has 1 aliphatic heterocycles. The minimum Gasteiger partial charge on any atom is -0.449 e. The largest absolute Gasteiger partial charge is 0.449 e. The summed E-state index contributed by atoms with van der Waals surface area (Å²) in [7, 11) is 0. The van der Waals surface area contributed by atoms with Crippen molar-refractivity contribution >= 4 is 12.0 Å². The van der Waals surface area contributed by atoms with Crippen LogP contribution in [0.5, 0.6) is 0 Å². The molecule has 2 N–H and O–H groups in total. The van der Waals surface area contributed by atoms with E-state index >= 15 is 0 Å². The van der Waals surface area contributed by atoms with Crippen molar-refractivity contribution in [2.45, 2.75) is 51.3 Å².